The van der Waals surface area contributed by atoms with E-state index in [1.54, 1.807) is 0 Å². The van der Waals surface area contributed by atoms with E-state index in [0.717, 1.165) is 47.3 Å². The highest BCUT2D eigenvalue weighted by Gasteiger charge is 2.36. The van der Waals surface area contributed by atoms with Crippen molar-refractivity contribution in [1.29, 1.82) is 0 Å². The molecule has 0 spiro atoms. The summed E-state index contributed by atoms with van der Waals surface area (Å²) >= 11 is 0. The SMILES string of the molecule is C=C(c1cc2c(CC)cc(F)c(F)c2[nH]1)N1CC2CCCC2C1. The molecular formula is C19H22F2N2. The van der Waals surface area contributed by atoms with Crippen LogP contribution in [0.25, 0.3) is 16.6 Å². The van der Waals surface area contributed by atoms with Gasteiger partial charge in [-0.2, -0.15) is 0 Å². The lowest BCUT2D eigenvalue weighted by molar-refractivity contribution is 0.442. The van der Waals surface area contributed by atoms with Crippen LogP contribution in [0.3, 0.4) is 0 Å². The second-order valence-corrected chi connectivity index (χ2v) is 6.96. The van der Waals surface area contributed by atoms with Crippen LogP contribution in [-0.4, -0.2) is 23.0 Å². The predicted octanol–water partition coefficient (Wildman–Crippen LogP) is 4.71. The van der Waals surface area contributed by atoms with Gasteiger partial charge in [0.15, 0.2) is 11.6 Å². The van der Waals surface area contributed by atoms with E-state index < -0.39 is 11.6 Å². The van der Waals surface area contributed by atoms with Crippen molar-refractivity contribution in [1.82, 2.24) is 9.88 Å². The maximum Gasteiger partial charge on any atom is 0.182 e. The van der Waals surface area contributed by atoms with E-state index in [2.05, 4.69) is 16.5 Å². The molecule has 4 rings (SSSR count). The van der Waals surface area contributed by atoms with E-state index in [-0.39, 0.29) is 5.52 Å². The van der Waals surface area contributed by atoms with Crippen LogP contribution in [0.4, 0.5) is 8.78 Å². The molecule has 1 aromatic heterocycles. The number of benzene rings is 1. The number of rotatable bonds is 3. The Morgan fingerprint density at radius 2 is 1.96 bits per heavy atom. The molecule has 2 atom stereocenters. The lowest BCUT2D eigenvalue weighted by Gasteiger charge is -2.21. The van der Waals surface area contributed by atoms with Crippen molar-refractivity contribution in [2.45, 2.75) is 32.6 Å². The van der Waals surface area contributed by atoms with E-state index in [9.17, 15) is 8.78 Å². The smallest absolute Gasteiger partial charge is 0.182 e. The number of hydrogen-bond acceptors (Lipinski definition) is 1. The standard InChI is InChI=1S/C19H22F2N2/c1-3-12-7-16(20)18(21)19-15(12)8-17(22-19)11(2)23-9-13-5-4-6-14(13)10-23/h7-8,13-14,22H,2-6,9-10H2,1H3. The highest BCUT2D eigenvalue weighted by Crippen LogP contribution is 2.40. The summed E-state index contributed by atoms with van der Waals surface area (Å²) in [5.41, 5.74) is 2.79. The molecule has 122 valence electrons. The lowest BCUT2D eigenvalue weighted by atomic mass is 10.0. The molecule has 2 fully saturated rings. The van der Waals surface area contributed by atoms with Gasteiger partial charge in [0.2, 0.25) is 0 Å². The van der Waals surface area contributed by atoms with Crippen LogP contribution in [0.15, 0.2) is 18.7 Å². The number of aromatic nitrogens is 1. The van der Waals surface area contributed by atoms with Crippen molar-refractivity contribution in [3.8, 4) is 0 Å². The molecule has 2 heterocycles. The summed E-state index contributed by atoms with van der Waals surface area (Å²) in [7, 11) is 0. The fourth-order valence-electron chi connectivity index (χ4n) is 4.37. The molecule has 23 heavy (non-hydrogen) atoms. The Morgan fingerprint density at radius 3 is 2.61 bits per heavy atom. The van der Waals surface area contributed by atoms with Crippen LogP contribution in [0.2, 0.25) is 0 Å². The fourth-order valence-corrected chi connectivity index (χ4v) is 4.37. The van der Waals surface area contributed by atoms with Crippen molar-refractivity contribution >= 4 is 16.6 Å². The van der Waals surface area contributed by atoms with Crippen LogP contribution in [0.1, 0.15) is 37.4 Å². The first-order valence-electron chi connectivity index (χ1n) is 8.52. The number of halogens is 2. The van der Waals surface area contributed by atoms with E-state index in [0.29, 0.717) is 6.42 Å². The van der Waals surface area contributed by atoms with Gasteiger partial charge in [0.05, 0.1) is 16.9 Å². The normalized spacial score (nSPS) is 23.7. The minimum absolute atomic E-state index is 0.261. The number of nitrogens with zero attached hydrogens (tertiary/aromatic N) is 1. The van der Waals surface area contributed by atoms with Crippen molar-refractivity contribution in [2.24, 2.45) is 11.8 Å². The zero-order valence-electron chi connectivity index (χ0n) is 13.5. The third-order valence-corrected chi connectivity index (χ3v) is 5.69. The molecule has 0 bridgehead atoms. The molecule has 1 saturated heterocycles. The van der Waals surface area contributed by atoms with Gasteiger partial charge in [-0.25, -0.2) is 8.78 Å². The van der Waals surface area contributed by atoms with Crippen molar-refractivity contribution in [2.75, 3.05) is 13.1 Å². The Kier molecular flexibility index (Phi) is 3.43. The molecule has 1 saturated carbocycles. The van der Waals surface area contributed by atoms with Gasteiger partial charge in [-0.3, -0.25) is 0 Å². The molecule has 2 aliphatic rings. The maximum absolute atomic E-state index is 14.1. The van der Waals surface area contributed by atoms with Gasteiger partial charge in [-0.1, -0.05) is 19.9 Å². The molecular weight excluding hydrogens is 294 g/mol. The number of aromatic amines is 1. The van der Waals surface area contributed by atoms with Crippen LogP contribution < -0.4 is 0 Å². The molecule has 1 N–H and O–H groups in total. The summed E-state index contributed by atoms with van der Waals surface area (Å²) in [6.45, 7) is 8.25. The zero-order valence-corrected chi connectivity index (χ0v) is 13.5. The van der Waals surface area contributed by atoms with Gasteiger partial charge in [0.1, 0.15) is 0 Å². The van der Waals surface area contributed by atoms with E-state index in [1.807, 2.05) is 13.0 Å². The van der Waals surface area contributed by atoms with Crippen LogP contribution >= 0.6 is 0 Å². The minimum Gasteiger partial charge on any atom is -0.370 e. The maximum atomic E-state index is 14.1. The molecule has 1 aliphatic heterocycles. The molecule has 2 unspecified atom stereocenters. The molecule has 0 amide bonds. The summed E-state index contributed by atoms with van der Waals surface area (Å²) in [4.78, 5) is 5.37. The molecule has 0 radical (unpaired) electrons. The summed E-state index contributed by atoms with van der Waals surface area (Å²) in [5.74, 6) is -0.0355. The first-order valence-corrected chi connectivity index (χ1v) is 8.52. The van der Waals surface area contributed by atoms with Crippen LogP contribution in [0, 0.1) is 23.5 Å². The highest BCUT2D eigenvalue weighted by atomic mass is 19.2. The quantitative estimate of drug-likeness (QED) is 0.869. The predicted molar refractivity (Wildman–Crippen MR) is 89.0 cm³/mol. The Labute approximate surface area is 135 Å². The number of H-pyrrole nitrogens is 1. The second-order valence-electron chi connectivity index (χ2n) is 6.96. The fraction of sp³-hybridized carbons (Fsp3) is 0.474. The summed E-state index contributed by atoms with van der Waals surface area (Å²) in [5, 5.41) is 0.766. The topological polar surface area (TPSA) is 19.0 Å². The third kappa shape index (κ3) is 2.27. The van der Waals surface area contributed by atoms with E-state index in [1.165, 1.54) is 25.3 Å². The summed E-state index contributed by atoms with van der Waals surface area (Å²) in [6.07, 6.45) is 4.62. The first kappa shape index (κ1) is 14.7. The highest BCUT2D eigenvalue weighted by molar-refractivity contribution is 5.87. The van der Waals surface area contributed by atoms with Gasteiger partial charge in [0.25, 0.3) is 0 Å². The Balaban J connectivity index is 1.69. The summed E-state index contributed by atoms with van der Waals surface area (Å²) < 4.78 is 27.8. The number of nitrogens with one attached hydrogen (secondary N) is 1. The van der Waals surface area contributed by atoms with Crippen LogP contribution in [0.5, 0.6) is 0 Å². The monoisotopic (exact) mass is 316 g/mol. The Morgan fingerprint density at radius 1 is 1.26 bits per heavy atom. The minimum atomic E-state index is -0.797. The molecule has 2 nitrogen and oxygen atoms in total. The van der Waals surface area contributed by atoms with Gasteiger partial charge in [-0.15, -0.1) is 0 Å². The third-order valence-electron chi connectivity index (χ3n) is 5.69. The largest absolute Gasteiger partial charge is 0.370 e. The van der Waals surface area contributed by atoms with Gasteiger partial charge < -0.3 is 9.88 Å². The zero-order chi connectivity index (χ0) is 16.1. The molecule has 1 aromatic carbocycles. The Hall–Kier alpha value is -1.84. The Bertz CT molecular complexity index is 765. The van der Waals surface area contributed by atoms with E-state index >= 15 is 0 Å². The molecule has 1 aliphatic carbocycles. The second kappa shape index (κ2) is 5.36. The number of hydrogen-bond donors (Lipinski definition) is 1. The van der Waals surface area contributed by atoms with Crippen LogP contribution in [-0.2, 0) is 6.42 Å². The van der Waals surface area contributed by atoms with Crippen molar-refractivity contribution in [3.63, 3.8) is 0 Å². The van der Waals surface area contributed by atoms with Crippen molar-refractivity contribution < 1.29 is 8.78 Å². The van der Waals surface area contributed by atoms with Gasteiger partial charge in [0, 0.05) is 18.5 Å². The summed E-state index contributed by atoms with van der Waals surface area (Å²) in [6, 6.07) is 3.23. The number of aryl methyl sites for hydroxylation is 1. The number of likely N-dealkylation sites (tertiary alicyclic amines) is 1. The van der Waals surface area contributed by atoms with E-state index in [4.69, 9.17) is 0 Å². The molecule has 4 heteroatoms. The average Bonchev–Trinajstić information content (AvgIpc) is 3.23. The first-order chi connectivity index (χ1) is 11.1. The van der Waals surface area contributed by atoms with Gasteiger partial charge >= 0.3 is 0 Å². The van der Waals surface area contributed by atoms with Crippen molar-refractivity contribution in [3.05, 3.63) is 41.6 Å². The average molecular weight is 316 g/mol. The lowest BCUT2D eigenvalue weighted by Crippen LogP contribution is -2.19. The number of fused-ring (bicyclic) bond motifs is 2. The molecule has 2 aromatic rings. The van der Waals surface area contributed by atoms with Gasteiger partial charge in [-0.05, 0) is 48.8 Å².